The number of hydrogen-bond acceptors (Lipinski definition) is 3. The van der Waals surface area contributed by atoms with Gasteiger partial charge in [-0.2, -0.15) is 0 Å². The number of rotatable bonds is 3. The molecule has 2 saturated carbocycles. The normalized spacial score (nSPS) is 29.7. The molecule has 0 spiro atoms. The molecule has 4 rings (SSSR count). The second-order valence-corrected chi connectivity index (χ2v) is 6.98. The molecule has 1 aliphatic heterocycles. The highest BCUT2D eigenvalue weighted by Gasteiger charge is 2.32. The standard InChI is InChI=1S/C16H26N4/c1-2-4-6-14(5-3-1)19-10-9-15(11-19)20-12-16(17-18-20)13-7-8-13/h12-15H,1-11H2. The summed E-state index contributed by atoms with van der Waals surface area (Å²) in [6.45, 7) is 2.45. The Morgan fingerprint density at radius 2 is 1.70 bits per heavy atom. The van der Waals surface area contributed by atoms with Crippen molar-refractivity contribution < 1.29 is 0 Å². The van der Waals surface area contributed by atoms with Crippen LogP contribution in [0.25, 0.3) is 0 Å². The summed E-state index contributed by atoms with van der Waals surface area (Å²) in [6, 6.07) is 1.41. The van der Waals surface area contributed by atoms with Crippen LogP contribution >= 0.6 is 0 Å². The number of aromatic nitrogens is 3. The average molecular weight is 274 g/mol. The van der Waals surface area contributed by atoms with Crippen molar-refractivity contribution in [3.63, 3.8) is 0 Å². The summed E-state index contributed by atoms with van der Waals surface area (Å²) in [6.07, 6.45) is 14.7. The zero-order valence-corrected chi connectivity index (χ0v) is 12.4. The average Bonchev–Trinajstić information content (AvgIpc) is 3.10. The Morgan fingerprint density at radius 1 is 0.900 bits per heavy atom. The van der Waals surface area contributed by atoms with Crippen molar-refractivity contribution in [2.75, 3.05) is 13.1 Å². The Labute approximate surface area is 121 Å². The minimum absolute atomic E-state index is 0.568. The minimum atomic E-state index is 0.568. The van der Waals surface area contributed by atoms with Gasteiger partial charge in [0.25, 0.3) is 0 Å². The molecule has 110 valence electrons. The van der Waals surface area contributed by atoms with Gasteiger partial charge in [0, 0.05) is 31.2 Å². The highest BCUT2D eigenvalue weighted by molar-refractivity contribution is 5.09. The van der Waals surface area contributed by atoms with Crippen LogP contribution in [0, 0.1) is 0 Å². The van der Waals surface area contributed by atoms with Crippen LogP contribution in [0.1, 0.15) is 75.4 Å². The van der Waals surface area contributed by atoms with Crippen LogP contribution in [0.2, 0.25) is 0 Å². The van der Waals surface area contributed by atoms with Gasteiger partial charge < -0.3 is 0 Å². The van der Waals surface area contributed by atoms with Gasteiger partial charge in [0.15, 0.2) is 0 Å². The molecule has 20 heavy (non-hydrogen) atoms. The molecule has 2 aliphatic carbocycles. The molecular formula is C16H26N4. The maximum Gasteiger partial charge on any atom is 0.0858 e. The van der Waals surface area contributed by atoms with Crippen molar-refractivity contribution in [1.82, 2.24) is 19.9 Å². The fourth-order valence-corrected chi connectivity index (χ4v) is 3.97. The molecule has 0 amide bonds. The van der Waals surface area contributed by atoms with Gasteiger partial charge in [-0.05, 0) is 32.1 Å². The molecule has 4 nitrogen and oxygen atoms in total. The van der Waals surface area contributed by atoms with Crippen molar-refractivity contribution in [1.29, 1.82) is 0 Å². The van der Waals surface area contributed by atoms with E-state index in [4.69, 9.17) is 0 Å². The Balaban J connectivity index is 1.38. The Hall–Kier alpha value is -0.900. The van der Waals surface area contributed by atoms with E-state index in [1.807, 2.05) is 0 Å². The van der Waals surface area contributed by atoms with Crippen LogP contribution in [0.3, 0.4) is 0 Å². The van der Waals surface area contributed by atoms with Crippen LogP contribution in [0.4, 0.5) is 0 Å². The van der Waals surface area contributed by atoms with E-state index in [0.29, 0.717) is 6.04 Å². The maximum atomic E-state index is 4.40. The third-order valence-electron chi connectivity index (χ3n) is 5.43. The summed E-state index contributed by atoms with van der Waals surface area (Å²) < 4.78 is 2.16. The summed E-state index contributed by atoms with van der Waals surface area (Å²) in [5, 5.41) is 8.77. The number of likely N-dealkylation sites (tertiary alicyclic amines) is 1. The van der Waals surface area contributed by atoms with Crippen molar-refractivity contribution in [2.24, 2.45) is 0 Å². The fraction of sp³-hybridized carbons (Fsp3) is 0.875. The van der Waals surface area contributed by atoms with E-state index in [9.17, 15) is 0 Å². The quantitative estimate of drug-likeness (QED) is 0.794. The maximum absolute atomic E-state index is 4.40. The minimum Gasteiger partial charge on any atom is -0.298 e. The van der Waals surface area contributed by atoms with Gasteiger partial charge in [-0.25, -0.2) is 4.68 Å². The smallest absolute Gasteiger partial charge is 0.0858 e. The first kappa shape index (κ1) is 12.8. The zero-order valence-electron chi connectivity index (χ0n) is 12.4. The molecule has 3 aliphatic rings. The lowest BCUT2D eigenvalue weighted by Crippen LogP contribution is -2.33. The van der Waals surface area contributed by atoms with E-state index in [1.54, 1.807) is 0 Å². The van der Waals surface area contributed by atoms with E-state index >= 15 is 0 Å². The first-order chi connectivity index (χ1) is 9.90. The van der Waals surface area contributed by atoms with Crippen LogP contribution in [0.15, 0.2) is 6.20 Å². The monoisotopic (exact) mass is 274 g/mol. The summed E-state index contributed by atoms with van der Waals surface area (Å²) in [5.74, 6) is 0.725. The van der Waals surface area contributed by atoms with E-state index in [-0.39, 0.29) is 0 Å². The lowest BCUT2D eigenvalue weighted by molar-refractivity contribution is 0.212. The predicted molar refractivity (Wildman–Crippen MR) is 78.7 cm³/mol. The molecule has 0 bridgehead atoms. The predicted octanol–water partition coefficient (Wildman–Crippen LogP) is 3.13. The van der Waals surface area contributed by atoms with Crippen molar-refractivity contribution in [2.45, 2.75) is 75.8 Å². The Kier molecular flexibility index (Phi) is 3.51. The first-order valence-corrected chi connectivity index (χ1v) is 8.56. The first-order valence-electron chi connectivity index (χ1n) is 8.56. The van der Waals surface area contributed by atoms with Crippen LogP contribution < -0.4 is 0 Å². The summed E-state index contributed by atoms with van der Waals surface area (Å²) in [7, 11) is 0. The third kappa shape index (κ3) is 2.62. The van der Waals surface area contributed by atoms with Crippen LogP contribution in [-0.4, -0.2) is 39.0 Å². The van der Waals surface area contributed by atoms with Crippen molar-refractivity contribution in [3.05, 3.63) is 11.9 Å². The van der Waals surface area contributed by atoms with E-state index < -0.39 is 0 Å². The van der Waals surface area contributed by atoms with Crippen LogP contribution in [-0.2, 0) is 0 Å². The largest absolute Gasteiger partial charge is 0.298 e. The summed E-state index contributed by atoms with van der Waals surface area (Å²) >= 11 is 0. The molecule has 1 aromatic heterocycles. The van der Waals surface area contributed by atoms with Gasteiger partial charge in [-0.1, -0.05) is 30.9 Å². The second-order valence-electron chi connectivity index (χ2n) is 6.98. The molecule has 1 saturated heterocycles. The van der Waals surface area contributed by atoms with Gasteiger partial charge in [-0.3, -0.25) is 4.90 Å². The molecule has 0 radical (unpaired) electrons. The van der Waals surface area contributed by atoms with Crippen molar-refractivity contribution >= 4 is 0 Å². The molecular weight excluding hydrogens is 248 g/mol. The number of hydrogen-bond donors (Lipinski definition) is 0. The highest BCUT2D eigenvalue weighted by Crippen LogP contribution is 2.39. The SMILES string of the molecule is c1c(C2CC2)nnn1C1CCN(C2CCCCCC2)C1. The molecule has 3 fully saturated rings. The molecule has 0 aromatic carbocycles. The molecule has 2 heterocycles. The fourth-order valence-electron chi connectivity index (χ4n) is 3.97. The van der Waals surface area contributed by atoms with Gasteiger partial charge >= 0.3 is 0 Å². The molecule has 0 N–H and O–H groups in total. The van der Waals surface area contributed by atoms with E-state index in [0.717, 1.165) is 12.0 Å². The third-order valence-corrected chi connectivity index (χ3v) is 5.43. The molecule has 1 aromatic rings. The highest BCUT2D eigenvalue weighted by atomic mass is 15.4. The zero-order chi connectivity index (χ0) is 13.4. The van der Waals surface area contributed by atoms with Crippen molar-refractivity contribution in [3.8, 4) is 0 Å². The van der Waals surface area contributed by atoms with E-state index in [2.05, 4.69) is 26.1 Å². The molecule has 1 unspecified atom stereocenters. The summed E-state index contributed by atoms with van der Waals surface area (Å²) in [5.41, 5.74) is 1.23. The van der Waals surface area contributed by atoms with E-state index in [1.165, 1.54) is 76.6 Å². The molecule has 4 heteroatoms. The second kappa shape index (κ2) is 5.47. The van der Waals surface area contributed by atoms with Crippen LogP contribution in [0.5, 0.6) is 0 Å². The van der Waals surface area contributed by atoms with Gasteiger partial charge in [0.2, 0.25) is 0 Å². The van der Waals surface area contributed by atoms with Gasteiger partial charge in [0.1, 0.15) is 0 Å². The lowest BCUT2D eigenvalue weighted by Gasteiger charge is -2.26. The van der Waals surface area contributed by atoms with Gasteiger partial charge in [0.05, 0.1) is 11.7 Å². The molecule has 1 atom stereocenters. The Morgan fingerprint density at radius 3 is 2.45 bits per heavy atom. The Bertz CT molecular complexity index is 443. The summed E-state index contributed by atoms with van der Waals surface area (Å²) in [4.78, 5) is 2.73. The topological polar surface area (TPSA) is 34.0 Å². The lowest BCUT2D eigenvalue weighted by atomic mass is 10.1. The van der Waals surface area contributed by atoms with Gasteiger partial charge in [-0.15, -0.1) is 5.10 Å². The number of nitrogens with zero attached hydrogens (tertiary/aromatic N) is 4.